The number of nitrogens with one attached hydrogen (secondary N) is 1. The van der Waals surface area contributed by atoms with E-state index in [1.54, 1.807) is 48.9 Å². The zero-order valence-corrected chi connectivity index (χ0v) is 25.7. The maximum atomic E-state index is 14.1. The van der Waals surface area contributed by atoms with Crippen LogP contribution in [0.25, 0.3) is 6.08 Å². The first-order valence-electron chi connectivity index (χ1n) is 14.3. The van der Waals surface area contributed by atoms with Gasteiger partial charge in [-0.15, -0.1) is 0 Å². The van der Waals surface area contributed by atoms with Gasteiger partial charge in [0.15, 0.2) is 16.3 Å². The third-order valence-electron chi connectivity index (χ3n) is 7.48. The molecule has 0 fully saturated rings. The van der Waals surface area contributed by atoms with Gasteiger partial charge in [-0.25, -0.2) is 9.38 Å². The number of ether oxygens (including phenoxy) is 2. The van der Waals surface area contributed by atoms with Crippen molar-refractivity contribution in [3.8, 4) is 11.5 Å². The number of hydrogen-bond donors (Lipinski definition) is 1. The largest absolute Gasteiger partial charge is 0.493 e. The van der Waals surface area contributed by atoms with E-state index in [0.717, 1.165) is 22.3 Å². The standard InChI is InChI=1S/C36H30FN3O4S/c1-22-9-14-26(15-10-22)33-32(34(41)39-28-7-5-4-6-8-28)23(2)38-36-40(33)35(42)31(45-36)20-25-13-18-29(30(19-25)43-3)44-21-24-11-16-27(37)17-12-24/h4-20,33H,21H2,1-3H3,(H,39,41)/b31-20-/t33-/m1/s1. The molecule has 1 N–H and O–H groups in total. The summed E-state index contributed by atoms with van der Waals surface area (Å²) in [6, 6.07) is 27.9. The van der Waals surface area contributed by atoms with E-state index in [9.17, 15) is 14.0 Å². The van der Waals surface area contributed by atoms with Gasteiger partial charge in [-0.2, -0.15) is 0 Å². The average Bonchev–Trinajstić information content (AvgIpc) is 3.34. The Morgan fingerprint density at radius 2 is 1.71 bits per heavy atom. The highest BCUT2D eigenvalue weighted by molar-refractivity contribution is 7.07. The number of aryl methyl sites for hydroxylation is 1. The number of aromatic nitrogens is 1. The number of carbonyl (C=O) groups is 1. The molecular weight excluding hydrogens is 589 g/mol. The number of thiazole rings is 1. The topological polar surface area (TPSA) is 81.9 Å². The molecule has 226 valence electrons. The number of halogens is 1. The highest BCUT2D eigenvalue weighted by Gasteiger charge is 2.32. The highest BCUT2D eigenvalue weighted by Crippen LogP contribution is 2.32. The van der Waals surface area contributed by atoms with E-state index in [1.165, 1.54) is 23.5 Å². The lowest BCUT2D eigenvalue weighted by atomic mass is 9.94. The molecule has 1 aromatic heterocycles. The van der Waals surface area contributed by atoms with Crippen LogP contribution >= 0.6 is 11.3 Å². The quantitative estimate of drug-likeness (QED) is 0.234. The molecule has 1 amide bonds. The number of para-hydroxylation sites is 1. The highest BCUT2D eigenvalue weighted by atomic mass is 32.1. The first-order valence-corrected chi connectivity index (χ1v) is 15.1. The van der Waals surface area contributed by atoms with Crippen LogP contribution in [-0.2, 0) is 11.4 Å². The second kappa shape index (κ2) is 12.8. The Bertz CT molecular complexity index is 2080. The third-order valence-corrected chi connectivity index (χ3v) is 8.47. The molecule has 1 aliphatic heterocycles. The zero-order chi connectivity index (χ0) is 31.5. The minimum atomic E-state index is -0.663. The number of benzene rings is 4. The maximum Gasteiger partial charge on any atom is 0.271 e. The number of hydrogen-bond acceptors (Lipinski definition) is 6. The predicted octanol–water partition coefficient (Wildman–Crippen LogP) is 5.91. The van der Waals surface area contributed by atoms with Gasteiger partial charge in [0.1, 0.15) is 12.4 Å². The normalized spacial score (nSPS) is 14.5. The van der Waals surface area contributed by atoms with Gasteiger partial charge in [0.2, 0.25) is 0 Å². The molecule has 0 bridgehead atoms. The Morgan fingerprint density at radius 3 is 2.42 bits per heavy atom. The fourth-order valence-electron chi connectivity index (χ4n) is 5.18. The van der Waals surface area contributed by atoms with Gasteiger partial charge < -0.3 is 14.8 Å². The van der Waals surface area contributed by atoms with Crippen LogP contribution in [0.15, 0.2) is 118 Å². The summed E-state index contributed by atoms with van der Waals surface area (Å²) >= 11 is 1.27. The van der Waals surface area contributed by atoms with Crippen molar-refractivity contribution < 1.29 is 18.7 Å². The summed E-state index contributed by atoms with van der Waals surface area (Å²) in [4.78, 5) is 33.0. The Balaban J connectivity index is 1.37. The maximum absolute atomic E-state index is 14.1. The molecule has 0 aliphatic carbocycles. The van der Waals surface area contributed by atoms with Crippen molar-refractivity contribution in [3.05, 3.63) is 156 Å². The summed E-state index contributed by atoms with van der Waals surface area (Å²) in [5, 5.41) is 2.97. The summed E-state index contributed by atoms with van der Waals surface area (Å²) in [7, 11) is 1.55. The molecular formula is C36H30FN3O4S. The lowest BCUT2D eigenvalue weighted by Crippen LogP contribution is -2.40. The SMILES string of the molecule is COc1cc(/C=c2\sc3n(c2=O)[C@H](c2ccc(C)cc2)C(C(=O)Nc2ccccc2)=C(C)N=3)ccc1OCc1ccc(F)cc1. The molecule has 1 atom stereocenters. The second-order valence-corrected chi connectivity index (χ2v) is 11.6. The molecule has 45 heavy (non-hydrogen) atoms. The van der Waals surface area contributed by atoms with Crippen molar-refractivity contribution in [2.75, 3.05) is 12.4 Å². The van der Waals surface area contributed by atoms with Crippen molar-refractivity contribution in [1.29, 1.82) is 0 Å². The van der Waals surface area contributed by atoms with E-state index < -0.39 is 6.04 Å². The van der Waals surface area contributed by atoms with Crippen molar-refractivity contribution in [3.63, 3.8) is 0 Å². The van der Waals surface area contributed by atoms with E-state index in [2.05, 4.69) is 5.32 Å². The minimum absolute atomic E-state index is 0.243. The monoisotopic (exact) mass is 619 g/mol. The zero-order valence-electron chi connectivity index (χ0n) is 24.9. The van der Waals surface area contributed by atoms with Gasteiger partial charge in [0.05, 0.1) is 29.0 Å². The van der Waals surface area contributed by atoms with Gasteiger partial charge in [0, 0.05) is 5.69 Å². The van der Waals surface area contributed by atoms with E-state index in [0.29, 0.717) is 37.8 Å². The van der Waals surface area contributed by atoms with Gasteiger partial charge in [-0.05, 0) is 73.0 Å². The molecule has 0 spiro atoms. The molecule has 0 saturated heterocycles. The number of rotatable bonds is 8. The van der Waals surface area contributed by atoms with Gasteiger partial charge in [0.25, 0.3) is 11.5 Å². The third kappa shape index (κ3) is 6.34. The predicted molar refractivity (Wildman–Crippen MR) is 174 cm³/mol. The van der Waals surface area contributed by atoms with Crippen LogP contribution in [0.1, 0.15) is 35.2 Å². The molecule has 0 radical (unpaired) electrons. The fourth-order valence-corrected chi connectivity index (χ4v) is 6.23. The summed E-state index contributed by atoms with van der Waals surface area (Å²) in [5.41, 5.74) is 4.79. The number of nitrogens with zero attached hydrogens (tertiary/aromatic N) is 2. The molecule has 4 aromatic carbocycles. The molecule has 9 heteroatoms. The number of anilines is 1. The Hall–Kier alpha value is -5.28. The lowest BCUT2D eigenvalue weighted by Gasteiger charge is -2.25. The first kappa shape index (κ1) is 29.8. The summed E-state index contributed by atoms with van der Waals surface area (Å²) in [5.74, 6) is 0.387. The summed E-state index contributed by atoms with van der Waals surface area (Å²) in [6.45, 7) is 4.04. The summed E-state index contributed by atoms with van der Waals surface area (Å²) < 4.78 is 26.8. The van der Waals surface area contributed by atoms with E-state index >= 15 is 0 Å². The van der Waals surface area contributed by atoms with Crippen molar-refractivity contribution in [2.24, 2.45) is 4.99 Å². The van der Waals surface area contributed by atoms with Crippen LogP contribution < -0.4 is 29.7 Å². The number of methoxy groups -OCH3 is 1. The number of carbonyl (C=O) groups excluding carboxylic acids is 1. The Labute approximate surface area is 263 Å². The molecule has 1 aliphatic rings. The first-order chi connectivity index (χ1) is 21.8. The number of allylic oxidation sites excluding steroid dienone is 1. The fraction of sp³-hybridized carbons (Fsp3) is 0.139. The van der Waals surface area contributed by atoms with E-state index in [1.807, 2.05) is 67.6 Å². The Kier molecular flexibility index (Phi) is 8.44. The van der Waals surface area contributed by atoms with Crippen LogP contribution in [0.2, 0.25) is 0 Å². The van der Waals surface area contributed by atoms with Gasteiger partial charge >= 0.3 is 0 Å². The summed E-state index contributed by atoms with van der Waals surface area (Å²) in [6.07, 6.45) is 1.78. The minimum Gasteiger partial charge on any atom is -0.493 e. The lowest BCUT2D eigenvalue weighted by molar-refractivity contribution is -0.113. The van der Waals surface area contributed by atoms with E-state index in [-0.39, 0.29) is 23.9 Å². The molecule has 5 aromatic rings. The van der Waals surface area contributed by atoms with Crippen molar-refractivity contribution in [1.82, 2.24) is 4.57 Å². The molecule has 0 saturated carbocycles. The van der Waals surface area contributed by atoms with E-state index in [4.69, 9.17) is 14.5 Å². The van der Waals surface area contributed by atoms with Crippen molar-refractivity contribution in [2.45, 2.75) is 26.5 Å². The van der Waals surface area contributed by atoms with Crippen LogP contribution in [0.3, 0.4) is 0 Å². The smallest absolute Gasteiger partial charge is 0.271 e. The molecule has 6 rings (SSSR count). The van der Waals surface area contributed by atoms with Crippen molar-refractivity contribution >= 4 is 29.0 Å². The van der Waals surface area contributed by atoms with Crippen LogP contribution in [0.4, 0.5) is 10.1 Å². The second-order valence-electron chi connectivity index (χ2n) is 10.6. The van der Waals surface area contributed by atoms with Crippen LogP contribution in [0, 0.1) is 12.7 Å². The Morgan fingerprint density at radius 1 is 0.978 bits per heavy atom. The number of fused-ring (bicyclic) bond motifs is 1. The molecule has 7 nitrogen and oxygen atoms in total. The number of amides is 1. The van der Waals surface area contributed by atoms with Crippen LogP contribution in [-0.4, -0.2) is 17.6 Å². The average molecular weight is 620 g/mol. The van der Waals surface area contributed by atoms with Gasteiger partial charge in [-0.3, -0.25) is 14.2 Å². The van der Waals surface area contributed by atoms with Gasteiger partial charge in [-0.1, -0.05) is 77.6 Å². The van der Waals surface area contributed by atoms with Crippen LogP contribution in [0.5, 0.6) is 11.5 Å². The molecule has 2 heterocycles. The molecule has 0 unspecified atom stereocenters.